The second-order valence-corrected chi connectivity index (χ2v) is 3.59. The van der Waals surface area contributed by atoms with Crippen LogP contribution in [0.4, 0.5) is 19.1 Å². The number of aliphatic carboxylic acids is 1. The molecule has 0 spiro atoms. The quantitative estimate of drug-likeness (QED) is 0.874. The molecule has 3 N–H and O–H groups in total. The Morgan fingerprint density at radius 3 is 2.25 bits per heavy atom. The van der Waals surface area contributed by atoms with Crippen LogP contribution in [0.15, 0.2) is 36.7 Å². The summed E-state index contributed by atoms with van der Waals surface area (Å²) in [7, 11) is 0. The van der Waals surface area contributed by atoms with Gasteiger partial charge in [0.05, 0.1) is 6.54 Å². The minimum atomic E-state index is -5.08. The van der Waals surface area contributed by atoms with Crippen molar-refractivity contribution in [1.29, 1.82) is 0 Å². The average molecular weight is 288 g/mol. The van der Waals surface area contributed by atoms with E-state index < -0.39 is 12.1 Å². The monoisotopic (exact) mass is 288 g/mol. The van der Waals surface area contributed by atoms with Crippen LogP contribution in [0.3, 0.4) is 0 Å². The molecule has 0 bridgehead atoms. The van der Waals surface area contributed by atoms with Gasteiger partial charge >= 0.3 is 12.1 Å². The van der Waals surface area contributed by atoms with Gasteiger partial charge in [-0.25, -0.2) is 14.5 Å². The average Bonchev–Trinajstić information content (AvgIpc) is 2.75. The van der Waals surface area contributed by atoms with Gasteiger partial charge in [0.25, 0.3) is 0 Å². The lowest BCUT2D eigenvalue weighted by molar-refractivity contribution is -0.192. The number of hydrogen-bond donors (Lipinski definition) is 2. The van der Waals surface area contributed by atoms with Crippen molar-refractivity contribution in [2.45, 2.75) is 12.7 Å². The second kappa shape index (κ2) is 6.55. The summed E-state index contributed by atoms with van der Waals surface area (Å²) in [5, 5.41) is 11.1. The summed E-state index contributed by atoms with van der Waals surface area (Å²) in [6, 6.07) is 10.1. The summed E-state index contributed by atoms with van der Waals surface area (Å²) in [5.74, 6) is -2.44. The maximum atomic E-state index is 10.6. The van der Waals surface area contributed by atoms with Crippen LogP contribution in [0.25, 0.3) is 0 Å². The number of anilines is 1. The molecule has 0 saturated heterocycles. The molecule has 1 heterocycles. The predicted molar refractivity (Wildman–Crippen MR) is 63.7 cm³/mol. The van der Waals surface area contributed by atoms with E-state index in [9.17, 15) is 13.2 Å². The number of rotatable bonds is 2. The normalized spacial score (nSPS) is 10.6. The Bertz CT molecular complexity index is 554. The predicted octanol–water partition coefficient (Wildman–Crippen LogP) is 1.54. The number of halogens is 3. The molecule has 0 radical (unpaired) electrons. The zero-order valence-corrected chi connectivity index (χ0v) is 10.1. The lowest BCUT2D eigenvalue weighted by atomic mass is 10.2. The molecule has 1 aromatic carbocycles. The first kappa shape index (κ1) is 15.5. The number of nitrogens with zero attached hydrogens (tertiary/aromatic N) is 3. The molecule has 6 nitrogen and oxygen atoms in total. The van der Waals surface area contributed by atoms with Gasteiger partial charge in [0, 0.05) is 0 Å². The number of nitrogen functional groups attached to an aromatic ring is 1. The van der Waals surface area contributed by atoms with Gasteiger partial charge in [-0.1, -0.05) is 30.3 Å². The Morgan fingerprint density at radius 1 is 1.30 bits per heavy atom. The molecular formula is C11H11F3N4O2. The molecule has 0 saturated carbocycles. The zero-order chi connectivity index (χ0) is 15.2. The van der Waals surface area contributed by atoms with Gasteiger partial charge in [-0.15, -0.1) is 5.10 Å². The van der Waals surface area contributed by atoms with Gasteiger partial charge in [-0.2, -0.15) is 13.2 Å². The minimum Gasteiger partial charge on any atom is -0.475 e. The van der Waals surface area contributed by atoms with Crippen LogP contribution >= 0.6 is 0 Å². The van der Waals surface area contributed by atoms with Crippen LogP contribution in [0, 0.1) is 0 Å². The first-order valence-electron chi connectivity index (χ1n) is 5.28. The Hall–Kier alpha value is -2.58. The van der Waals surface area contributed by atoms with Gasteiger partial charge < -0.3 is 10.8 Å². The molecule has 0 aliphatic rings. The van der Waals surface area contributed by atoms with Crippen LogP contribution in [0.5, 0.6) is 0 Å². The van der Waals surface area contributed by atoms with E-state index in [0.29, 0.717) is 12.5 Å². The van der Waals surface area contributed by atoms with Crippen molar-refractivity contribution in [2.24, 2.45) is 0 Å². The van der Waals surface area contributed by atoms with Gasteiger partial charge in [-0.05, 0) is 5.56 Å². The molecule has 0 fully saturated rings. The highest BCUT2D eigenvalue weighted by molar-refractivity contribution is 5.73. The topological polar surface area (TPSA) is 94.0 Å². The minimum absolute atomic E-state index is 0.316. The molecule has 2 aromatic rings. The van der Waals surface area contributed by atoms with Crippen LogP contribution in [-0.4, -0.2) is 32.0 Å². The molecule has 1 aromatic heterocycles. The van der Waals surface area contributed by atoms with Gasteiger partial charge in [0.2, 0.25) is 5.95 Å². The van der Waals surface area contributed by atoms with Gasteiger partial charge in [0.15, 0.2) is 0 Å². The fourth-order valence-corrected chi connectivity index (χ4v) is 1.16. The summed E-state index contributed by atoms with van der Waals surface area (Å²) in [4.78, 5) is 12.7. The highest BCUT2D eigenvalue weighted by Crippen LogP contribution is 2.13. The van der Waals surface area contributed by atoms with Crippen molar-refractivity contribution in [3.05, 3.63) is 42.2 Å². The summed E-state index contributed by atoms with van der Waals surface area (Å²) < 4.78 is 33.4. The summed E-state index contributed by atoms with van der Waals surface area (Å²) in [6.45, 7) is 0.713. The molecule has 0 unspecified atom stereocenters. The number of benzene rings is 1. The largest absolute Gasteiger partial charge is 0.490 e. The van der Waals surface area contributed by atoms with Crippen molar-refractivity contribution in [3.8, 4) is 0 Å². The Labute approximate surface area is 111 Å². The van der Waals surface area contributed by atoms with E-state index in [1.807, 2.05) is 30.3 Å². The maximum Gasteiger partial charge on any atom is 0.490 e. The number of alkyl halides is 3. The van der Waals surface area contributed by atoms with Crippen LogP contribution in [0.1, 0.15) is 5.56 Å². The number of carboxylic acids is 1. The lowest BCUT2D eigenvalue weighted by Gasteiger charge is -1.98. The maximum absolute atomic E-state index is 10.6. The Kier molecular flexibility index (Phi) is 5.07. The van der Waals surface area contributed by atoms with Gasteiger partial charge in [0.1, 0.15) is 6.33 Å². The first-order valence-corrected chi connectivity index (χ1v) is 5.28. The number of carbonyl (C=O) groups is 1. The number of hydrogen-bond acceptors (Lipinski definition) is 4. The third-order valence-corrected chi connectivity index (χ3v) is 1.98. The third kappa shape index (κ3) is 5.38. The smallest absolute Gasteiger partial charge is 0.475 e. The molecule has 9 heteroatoms. The van der Waals surface area contributed by atoms with E-state index in [4.69, 9.17) is 15.6 Å². The number of carboxylic acid groups (broad SMARTS) is 1. The first-order chi connectivity index (χ1) is 9.29. The summed E-state index contributed by atoms with van der Waals surface area (Å²) >= 11 is 0. The van der Waals surface area contributed by atoms with E-state index in [2.05, 4.69) is 10.1 Å². The number of nitrogens with two attached hydrogens (primary N) is 1. The highest BCUT2D eigenvalue weighted by Gasteiger charge is 2.38. The molecule has 108 valence electrons. The van der Waals surface area contributed by atoms with Crippen molar-refractivity contribution in [2.75, 3.05) is 5.73 Å². The fraction of sp³-hybridized carbons (Fsp3) is 0.182. The highest BCUT2D eigenvalue weighted by atomic mass is 19.4. The van der Waals surface area contributed by atoms with Crippen molar-refractivity contribution in [3.63, 3.8) is 0 Å². The summed E-state index contributed by atoms with van der Waals surface area (Å²) in [5.41, 5.74) is 6.58. The lowest BCUT2D eigenvalue weighted by Crippen LogP contribution is -2.21. The molecule has 0 aliphatic carbocycles. The third-order valence-electron chi connectivity index (χ3n) is 1.98. The van der Waals surface area contributed by atoms with Crippen LogP contribution in [0.2, 0.25) is 0 Å². The molecule has 0 amide bonds. The SMILES string of the molecule is Nc1ncn(Cc2ccccc2)n1.O=C(O)C(F)(F)F. The molecule has 20 heavy (non-hydrogen) atoms. The standard InChI is InChI=1S/C9H10N4.C2HF3O2/c10-9-11-7-13(12-9)6-8-4-2-1-3-5-8;3-2(4,5)1(6)7/h1-5,7H,6H2,(H2,10,12);(H,6,7). The second-order valence-electron chi connectivity index (χ2n) is 3.59. The van der Waals surface area contributed by atoms with Crippen LogP contribution < -0.4 is 5.73 Å². The summed E-state index contributed by atoms with van der Waals surface area (Å²) in [6.07, 6.45) is -3.46. The van der Waals surface area contributed by atoms with Gasteiger partial charge in [-0.3, -0.25) is 0 Å². The molecule has 2 rings (SSSR count). The van der Waals surface area contributed by atoms with E-state index in [1.165, 1.54) is 5.56 Å². The van der Waals surface area contributed by atoms with Crippen LogP contribution in [-0.2, 0) is 11.3 Å². The zero-order valence-electron chi connectivity index (χ0n) is 10.1. The van der Waals surface area contributed by atoms with E-state index in [0.717, 1.165) is 0 Å². The van der Waals surface area contributed by atoms with Crippen molar-refractivity contribution < 1.29 is 23.1 Å². The number of aromatic nitrogens is 3. The van der Waals surface area contributed by atoms with E-state index in [1.54, 1.807) is 11.0 Å². The molecule has 0 aliphatic heterocycles. The fourth-order valence-electron chi connectivity index (χ4n) is 1.16. The molecular weight excluding hydrogens is 277 g/mol. The van der Waals surface area contributed by atoms with Crippen molar-refractivity contribution >= 4 is 11.9 Å². The Balaban J connectivity index is 0.000000246. The van der Waals surface area contributed by atoms with E-state index in [-0.39, 0.29) is 0 Å². The molecule has 0 atom stereocenters. The Morgan fingerprint density at radius 2 is 1.85 bits per heavy atom. The van der Waals surface area contributed by atoms with Crippen molar-refractivity contribution in [1.82, 2.24) is 14.8 Å². The van der Waals surface area contributed by atoms with E-state index >= 15 is 0 Å².